The topological polar surface area (TPSA) is 75.4 Å². The highest BCUT2D eigenvalue weighted by Crippen LogP contribution is 2.31. The van der Waals surface area contributed by atoms with Crippen LogP contribution in [-0.2, 0) is 0 Å². The van der Waals surface area contributed by atoms with Gasteiger partial charge in [-0.3, -0.25) is 0 Å². The van der Waals surface area contributed by atoms with Crippen molar-refractivity contribution in [3.8, 4) is 17.1 Å². The van der Waals surface area contributed by atoms with Gasteiger partial charge < -0.3 is 10.2 Å². The predicted octanol–water partition coefficient (Wildman–Crippen LogP) is 6.39. The molecule has 0 atom stereocenters. The number of aromatic nitrogens is 3. The molecule has 1 aromatic heterocycles. The Morgan fingerprint density at radius 2 is 1.69 bits per heavy atom. The number of urea groups is 1. The number of aliphatic imine (C=N–C) groups is 1. The zero-order valence-corrected chi connectivity index (χ0v) is 21.4. The fraction of sp³-hybridized carbons (Fsp3) is 0.214. The van der Waals surface area contributed by atoms with Crippen LogP contribution in [0.25, 0.3) is 17.1 Å². The number of carbonyl (C=O) groups excluding carboxylic acids is 1. The molecule has 8 heteroatoms. The van der Waals surface area contributed by atoms with Gasteiger partial charge in [0.05, 0.1) is 5.69 Å². The van der Waals surface area contributed by atoms with Gasteiger partial charge >= 0.3 is 6.03 Å². The van der Waals surface area contributed by atoms with Crippen LogP contribution in [0.3, 0.4) is 0 Å². The van der Waals surface area contributed by atoms with Gasteiger partial charge in [0.15, 0.2) is 11.0 Å². The molecule has 0 saturated carbocycles. The zero-order chi connectivity index (χ0) is 25.1. The maximum Gasteiger partial charge on any atom is 0.347 e. The standard InChI is InChI=1S/C28H28N6OS/c1-19-8-14-24(15-9-19)34-18-29-26(32-34)22-10-12-23(13-11-22)30-27(35)31-28-33(16-5-17-36-28)25-20(2)6-4-7-21(25)3/h4,6-15,18H,5,16-17H2,1-3H3,(H,30,35)/b31-28-. The summed E-state index contributed by atoms with van der Waals surface area (Å²) in [5.41, 5.74) is 7.19. The van der Waals surface area contributed by atoms with Crippen molar-refractivity contribution in [3.63, 3.8) is 0 Å². The van der Waals surface area contributed by atoms with Gasteiger partial charge in [-0.05, 0) is 74.7 Å². The average molecular weight is 497 g/mol. The van der Waals surface area contributed by atoms with E-state index in [2.05, 4.69) is 64.3 Å². The molecule has 0 radical (unpaired) electrons. The van der Waals surface area contributed by atoms with Crippen molar-refractivity contribution in [2.45, 2.75) is 27.2 Å². The summed E-state index contributed by atoms with van der Waals surface area (Å²) in [5.74, 6) is 1.57. The van der Waals surface area contributed by atoms with Gasteiger partial charge in [0.2, 0.25) is 0 Å². The molecule has 0 bridgehead atoms. The lowest BCUT2D eigenvalue weighted by molar-refractivity contribution is 0.259. The molecule has 36 heavy (non-hydrogen) atoms. The summed E-state index contributed by atoms with van der Waals surface area (Å²) in [4.78, 5) is 23.8. The summed E-state index contributed by atoms with van der Waals surface area (Å²) >= 11 is 1.62. The van der Waals surface area contributed by atoms with E-state index in [9.17, 15) is 4.79 Å². The second kappa shape index (κ2) is 10.4. The summed E-state index contributed by atoms with van der Waals surface area (Å²) in [6, 6.07) is 21.5. The average Bonchev–Trinajstić information content (AvgIpc) is 3.36. The minimum atomic E-state index is -0.384. The second-order valence-corrected chi connectivity index (χ2v) is 9.91. The molecular weight excluding hydrogens is 468 g/mol. The number of hydrogen-bond donors (Lipinski definition) is 1. The van der Waals surface area contributed by atoms with Gasteiger partial charge in [0, 0.05) is 29.2 Å². The molecule has 7 nitrogen and oxygen atoms in total. The lowest BCUT2D eigenvalue weighted by atomic mass is 10.1. The van der Waals surface area contributed by atoms with E-state index in [0.717, 1.165) is 40.8 Å². The Bertz CT molecular complexity index is 1390. The highest BCUT2D eigenvalue weighted by atomic mass is 32.2. The molecule has 2 amide bonds. The fourth-order valence-electron chi connectivity index (χ4n) is 4.25. The number of thioether (sulfide) groups is 1. The first-order valence-corrected chi connectivity index (χ1v) is 12.9. The molecule has 1 aliphatic heterocycles. The van der Waals surface area contributed by atoms with E-state index in [0.29, 0.717) is 11.5 Å². The van der Waals surface area contributed by atoms with Gasteiger partial charge in [-0.25, -0.2) is 14.5 Å². The molecule has 2 heterocycles. The SMILES string of the molecule is Cc1ccc(-n2cnc(-c3ccc(NC(=O)/N=C4\SCCCN4c4c(C)cccc4C)cc3)n2)cc1. The lowest BCUT2D eigenvalue weighted by Crippen LogP contribution is -2.36. The van der Waals surface area contributed by atoms with Gasteiger partial charge in [0.25, 0.3) is 0 Å². The minimum Gasteiger partial charge on any atom is -0.320 e. The second-order valence-electron chi connectivity index (χ2n) is 8.84. The highest BCUT2D eigenvalue weighted by Gasteiger charge is 2.23. The zero-order valence-electron chi connectivity index (χ0n) is 20.6. The largest absolute Gasteiger partial charge is 0.347 e. The fourth-order valence-corrected chi connectivity index (χ4v) is 5.19. The molecule has 1 N–H and O–H groups in total. The van der Waals surface area contributed by atoms with Crippen molar-refractivity contribution < 1.29 is 4.79 Å². The summed E-state index contributed by atoms with van der Waals surface area (Å²) < 4.78 is 1.75. The molecule has 0 aliphatic carbocycles. The van der Waals surface area contributed by atoms with Crippen LogP contribution in [0.4, 0.5) is 16.2 Å². The molecule has 0 unspecified atom stereocenters. The number of para-hydroxylation sites is 1. The maximum atomic E-state index is 12.8. The predicted molar refractivity (Wildman–Crippen MR) is 148 cm³/mol. The van der Waals surface area contributed by atoms with Gasteiger partial charge in [0.1, 0.15) is 6.33 Å². The maximum absolute atomic E-state index is 12.8. The van der Waals surface area contributed by atoms with Crippen molar-refractivity contribution in [3.05, 3.63) is 89.7 Å². The Balaban J connectivity index is 1.29. The number of hydrogen-bond acceptors (Lipinski definition) is 4. The Morgan fingerprint density at radius 1 is 0.972 bits per heavy atom. The van der Waals surface area contributed by atoms with Crippen LogP contribution in [0.2, 0.25) is 0 Å². The number of nitrogens with one attached hydrogen (secondary N) is 1. The Kier molecular flexibility index (Phi) is 6.86. The third-order valence-electron chi connectivity index (χ3n) is 6.08. The molecule has 5 rings (SSSR count). The Morgan fingerprint density at radius 3 is 2.42 bits per heavy atom. The lowest BCUT2D eigenvalue weighted by Gasteiger charge is -2.31. The molecule has 1 aliphatic rings. The number of amides is 2. The first-order chi connectivity index (χ1) is 17.5. The van der Waals surface area contributed by atoms with Gasteiger partial charge in [-0.2, -0.15) is 4.99 Å². The van der Waals surface area contributed by atoms with Crippen LogP contribution in [-0.4, -0.2) is 38.3 Å². The van der Waals surface area contributed by atoms with Crippen molar-refractivity contribution in [1.29, 1.82) is 0 Å². The highest BCUT2D eigenvalue weighted by molar-refractivity contribution is 8.14. The van der Waals surface area contributed by atoms with E-state index in [4.69, 9.17) is 0 Å². The van der Waals surface area contributed by atoms with Crippen molar-refractivity contribution in [1.82, 2.24) is 14.8 Å². The molecule has 3 aromatic carbocycles. The number of benzene rings is 3. The Hall–Kier alpha value is -3.91. The summed E-state index contributed by atoms with van der Waals surface area (Å²) in [6.45, 7) is 7.10. The Labute approximate surface area is 215 Å². The summed E-state index contributed by atoms with van der Waals surface area (Å²) in [6.07, 6.45) is 2.75. The number of nitrogens with zero attached hydrogens (tertiary/aromatic N) is 5. The molecule has 4 aromatic rings. The number of rotatable bonds is 4. The number of carbonyl (C=O) groups is 1. The van der Waals surface area contributed by atoms with Crippen LogP contribution >= 0.6 is 11.8 Å². The van der Waals surface area contributed by atoms with E-state index in [1.54, 1.807) is 22.8 Å². The minimum absolute atomic E-state index is 0.384. The molecule has 1 saturated heterocycles. The van der Waals surface area contributed by atoms with Crippen LogP contribution in [0.15, 0.2) is 78.0 Å². The number of anilines is 2. The monoisotopic (exact) mass is 496 g/mol. The third-order valence-corrected chi connectivity index (χ3v) is 7.14. The molecule has 0 spiro atoms. The number of aryl methyl sites for hydroxylation is 3. The summed E-state index contributed by atoms with van der Waals surface area (Å²) in [7, 11) is 0. The van der Waals surface area contributed by atoms with E-state index in [-0.39, 0.29) is 6.03 Å². The van der Waals surface area contributed by atoms with E-state index < -0.39 is 0 Å². The van der Waals surface area contributed by atoms with Crippen LogP contribution in [0, 0.1) is 20.8 Å². The van der Waals surface area contributed by atoms with E-state index >= 15 is 0 Å². The first-order valence-electron chi connectivity index (χ1n) is 11.9. The quantitative estimate of drug-likeness (QED) is 0.354. The van der Waals surface area contributed by atoms with E-state index in [1.165, 1.54) is 16.7 Å². The smallest absolute Gasteiger partial charge is 0.320 e. The van der Waals surface area contributed by atoms with E-state index in [1.807, 2.05) is 48.5 Å². The molecule has 1 fully saturated rings. The van der Waals surface area contributed by atoms with Gasteiger partial charge in [-0.1, -0.05) is 47.7 Å². The van der Waals surface area contributed by atoms with Gasteiger partial charge in [-0.15, -0.1) is 5.10 Å². The van der Waals surface area contributed by atoms with Crippen LogP contribution in [0.1, 0.15) is 23.1 Å². The number of amidine groups is 1. The van der Waals surface area contributed by atoms with Crippen molar-refractivity contribution in [2.24, 2.45) is 4.99 Å². The van der Waals surface area contributed by atoms with Crippen LogP contribution < -0.4 is 10.2 Å². The van der Waals surface area contributed by atoms with Crippen molar-refractivity contribution in [2.75, 3.05) is 22.5 Å². The van der Waals surface area contributed by atoms with Crippen LogP contribution in [0.5, 0.6) is 0 Å². The molecular formula is C28H28N6OS. The molecule has 182 valence electrons. The van der Waals surface area contributed by atoms with Crippen molar-refractivity contribution >= 4 is 34.3 Å². The first kappa shape index (κ1) is 23.8. The normalized spacial score (nSPS) is 14.8. The third kappa shape index (κ3) is 5.18. The summed E-state index contributed by atoms with van der Waals surface area (Å²) in [5, 5.41) is 8.22.